The van der Waals surface area contributed by atoms with Gasteiger partial charge in [0.25, 0.3) is 0 Å². The average molecular weight is 254 g/mol. The number of methoxy groups -OCH3 is 1. The molecule has 4 nitrogen and oxygen atoms in total. The summed E-state index contributed by atoms with van der Waals surface area (Å²) in [6.45, 7) is 4.19. The van der Waals surface area contributed by atoms with Crippen LogP contribution in [0.25, 0.3) is 0 Å². The van der Waals surface area contributed by atoms with Crippen molar-refractivity contribution in [2.75, 3.05) is 7.11 Å². The second-order valence-electron chi connectivity index (χ2n) is 4.48. The summed E-state index contributed by atoms with van der Waals surface area (Å²) >= 11 is 0. The first-order valence-corrected chi connectivity index (χ1v) is 6.50. The van der Waals surface area contributed by atoms with Gasteiger partial charge in [-0.15, -0.1) is 0 Å². The van der Waals surface area contributed by atoms with Crippen LogP contribution < -0.4 is 0 Å². The molecule has 1 atom stereocenters. The van der Waals surface area contributed by atoms with E-state index in [2.05, 4.69) is 18.6 Å². The lowest BCUT2D eigenvalue weighted by atomic mass is 9.91. The van der Waals surface area contributed by atoms with Crippen LogP contribution in [0.4, 0.5) is 0 Å². The standard InChI is InChI=1S/C14H22O4/c1-4-6-10(7-5-2)13(15)11-8-9-12(18-11)14(16)17-3/h8-10,13,15H,4-7H2,1-3H3. The fourth-order valence-corrected chi connectivity index (χ4v) is 2.16. The van der Waals surface area contributed by atoms with Crippen LogP contribution in [0.15, 0.2) is 16.5 Å². The van der Waals surface area contributed by atoms with Gasteiger partial charge in [-0.3, -0.25) is 0 Å². The van der Waals surface area contributed by atoms with Crippen LogP contribution in [0.2, 0.25) is 0 Å². The van der Waals surface area contributed by atoms with Crippen molar-refractivity contribution in [3.63, 3.8) is 0 Å². The molecule has 1 aromatic rings. The molecule has 0 aromatic carbocycles. The van der Waals surface area contributed by atoms with Crippen molar-refractivity contribution in [2.24, 2.45) is 5.92 Å². The SMILES string of the molecule is CCCC(CCC)C(O)c1ccc(C(=O)OC)o1. The molecule has 0 fully saturated rings. The fourth-order valence-electron chi connectivity index (χ4n) is 2.16. The van der Waals surface area contributed by atoms with E-state index in [4.69, 9.17) is 4.42 Å². The molecule has 0 aliphatic heterocycles. The first-order chi connectivity index (χ1) is 8.63. The summed E-state index contributed by atoms with van der Waals surface area (Å²) in [6.07, 6.45) is 3.29. The minimum Gasteiger partial charge on any atom is -0.463 e. The van der Waals surface area contributed by atoms with Crippen LogP contribution in [0, 0.1) is 5.92 Å². The molecule has 0 aliphatic carbocycles. The highest BCUT2D eigenvalue weighted by atomic mass is 16.5. The maximum Gasteiger partial charge on any atom is 0.373 e. The van der Waals surface area contributed by atoms with Crippen molar-refractivity contribution in [2.45, 2.75) is 45.6 Å². The Kier molecular flexibility index (Phi) is 5.92. The zero-order valence-corrected chi connectivity index (χ0v) is 11.3. The number of rotatable bonds is 7. The van der Waals surface area contributed by atoms with E-state index in [0.717, 1.165) is 25.7 Å². The van der Waals surface area contributed by atoms with Gasteiger partial charge in [0.15, 0.2) is 0 Å². The highest BCUT2D eigenvalue weighted by Crippen LogP contribution is 2.30. The van der Waals surface area contributed by atoms with Crippen molar-refractivity contribution < 1.29 is 19.1 Å². The van der Waals surface area contributed by atoms with Crippen LogP contribution in [0.5, 0.6) is 0 Å². The minimum absolute atomic E-state index is 0.137. The Bertz CT molecular complexity index is 364. The van der Waals surface area contributed by atoms with Gasteiger partial charge >= 0.3 is 5.97 Å². The Hall–Kier alpha value is -1.29. The summed E-state index contributed by atoms with van der Waals surface area (Å²) in [5, 5.41) is 10.3. The molecule has 0 spiro atoms. The number of aliphatic hydroxyl groups is 1. The first kappa shape index (κ1) is 14.8. The highest BCUT2D eigenvalue weighted by Gasteiger charge is 2.23. The third-order valence-electron chi connectivity index (χ3n) is 3.07. The van der Waals surface area contributed by atoms with Crippen molar-refractivity contribution in [1.82, 2.24) is 0 Å². The van der Waals surface area contributed by atoms with Crippen molar-refractivity contribution in [1.29, 1.82) is 0 Å². The Labute approximate surface area is 108 Å². The number of furan rings is 1. The van der Waals surface area contributed by atoms with Crippen LogP contribution in [-0.2, 0) is 4.74 Å². The lowest BCUT2D eigenvalue weighted by molar-refractivity contribution is 0.0525. The van der Waals surface area contributed by atoms with Gasteiger partial charge in [0.1, 0.15) is 11.9 Å². The maximum absolute atomic E-state index is 11.3. The Morgan fingerprint density at radius 2 is 1.94 bits per heavy atom. The Balaban J connectivity index is 2.77. The van der Waals surface area contributed by atoms with Gasteiger partial charge in [0.2, 0.25) is 5.76 Å². The van der Waals surface area contributed by atoms with Gasteiger partial charge in [-0.25, -0.2) is 4.79 Å². The molecular formula is C14H22O4. The summed E-state index contributed by atoms with van der Waals surface area (Å²) in [5.41, 5.74) is 0. The van der Waals surface area contributed by atoms with Crippen LogP contribution >= 0.6 is 0 Å². The quantitative estimate of drug-likeness (QED) is 0.758. The summed E-state index contributed by atoms with van der Waals surface area (Å²) in [4.78, 5) is 11.3. The second kappa shape index (κ2) is 7.21. The van der Waals surface area contributed by atoms with E-state index in [-0.39, 0.29) is 11.7 Å². The van der Waals surface area contributed by atoms with E-state index < -0.39 is 12.1 Å². The molecular weight excluding hydrogens is 232 g/mol. The molecule has 4 heteroatoms. The molecule has 1 aromatic heterocycles. The maximum atomic E-state index is 11.3. The van der Waals surface area contributed by atoms with Gasteiger partial charge in [-0.1, -0.05) is 26.7 Å². The van der Waals surface area contributed by atoms with Gasteiger partial charge in [0, 0.05) is 0 Å². The molecule has 1 heterocycles. The largest absolute Gasteiger partial charge is 0.463 e. The molecule has 0 aliphatic rings. The van der Waals surface area contributed by atoms with Gasteiger partial charge in [-0.2, -0.15) is 0 Å². The van der Waals surface area contributed by atoms with E-state index in [0.29, 0.717) is 5.76 Å². The molecule has 1 unspecified atom stereocenters. The number of hydrogen-bond donors (Lipinski definition) is 1. The van der Waals surface area contributed by atoms with Crippen molar-refractivity contribution in [3.05, 3.63) is 23.7 Å². The van der Waals surface area contributed by atoms with E-state index in [9.17, 15) is 9.90 Å². The molecule has 1 rings (SSSR count). The normalized spacial score (nSPS) is 12.7. The third-order valence-corrected chi connectivity index (χ3v) is 3.07. The monoisotopic (exact) mass is 254 g/mol. The number of hydrogen-bond acceptors (Lipinski definition) is 4. The Morgan fingerprint density at radius 3 is 2.44 bits per heavy atom. The van der Waals surface area contributed by atoms with E-state index in [1.54, 1.807) is 12.1 Å². The van der Waals surface area contributed by atoms with Gasteiger partial charge in [-0.05, 0) is 30.9 Å². The average Bonchev–Trinajstić information content (AvgIpc) is 2.86. The van der Waals surface area contributed by atoms with E-state index in [1.807, 2.05) is 0 Å². The van der Waals surface area contributed by atoms with Crippen LogP contribution in [-0.4, -0.2) is 18.2 Å². The number of carbonyl (C=O) groups is 1. The number of ether oxygens (including phenoxy) is 1. The number of carbonyl (C=O) groups excluding carboxylic acids is 1. The predicted molar refractivity (Wildman–Crippen MR) is 68.3 cm³/mol. The summed E-state index contributed by atoms with van der Waals surface area (Å²) in [6, 6.07) is 3.19. The zero-order chi connectivity index (χ0) is 13.5. The molecule has 0 saturated carbocycles. The molecule has 0 radical (unpaired) electrons. The van der Waals surface area contributed by atoms with Crippen LogP contribution in [0.3, 0.4) is 0 Å². The molecule has 0 bridgehead atoms. The highest BCUT2D eigenvalue weighted by molar-refractivity contribution is 5.86. The minimum atomic E-state index is -0.650. The zero-order valence-electron chi connectivity index (χ0n) is 11.3. The topological polar surface area (TPSA) is 59.7 Å². The number of aliphatic hydroxyl groups excluding tert-OH is 1. The van der Waals surface area contributed by atoms with E-state index in [1.165, 1.54) is 7.11 Å². The fraction of sp³-hybridized carbons (Fsp3) is 0.643. The number of esters is 1. The summed E-state index contributed by atoms with van der Waals surface area (Å²) < 4.78 is 9.92. The van der Waals surface area contributed by atoms with Crippen molar-refractivity contribution >= 4 is 5.97 Å². The van der Waals surface area contributed by atoms with Gasteiger partial charge < -0.3 is 14.3 Å². The van der Waals surface area contributed by atoms with Gasteiger partial charge in [0.05, 0.1) is 7.11 Å². The molecule has 0 saturated heterocycles. The summed E-state index contributed by atoms with van der Waals surface area (Å²) in [7, 11) is 1.30. The third kappa shape index (κ3) is 3.60. The molecule has 18 heavy (non-hydrogen) atoms. The second-order valence-corrected chi connectivity index (χ2v) is 4.48. The molecule has 0 amide bonds. The smallest absolute Gasteiger partial charge is 0.373 e. The predicted octanol–water partition coefficient (Wildman–Crippen LogP) is 3.32. The molecule has 1 N–H and O–H groups in total. The first-order valence-electron chi connectivity index (χ1n) is 6.50. The summed E-state index contributed by atoms with van der Waals surface area (Å²) in [5.74, 6) is 0.244. The Morgan fingerprint density at radius 1 is 1.33 bits per heavy atom. The van der Waals surface area contributed by atoms with E-state index >= 15 is 0 Å². The lowest BCUT2D eigenvalue weighted by Crippen LogP contribution is -2.12. The van der Waals surface area contributed by atoms with Crippen LogP contribution in [0.1, 0.15) is 61.9 Å². The molecule has 102 valence electrons. The van der Waals surface area contributed by atoms with Crippen molar-refractivity contribution in [3.8, 4) is 0 Å². The lowest BCUT2D eigenvalue weighted by Gasteiger charge is -2.20.